The number of aryl methyl sites for hydroxylation is 2. The number of nitrogens with one attached hydrogen (secondary N) is 2. The standard InChI is InChI=1S/C44H53N3O3S.C17H26N2O/c1-7-8-26-37-31-46(40(48)38-27-18-19-32(2)33(38)3)28-29-47(37)41(51)39(45-42(49)50-43(4,5)6)30-44(34-20-12-9-13-21-34,35-22-14-10-15-23-35)36-24-16-11-17-25-36;1-4-5-8-15-12-19(11-10-18-15)17(20)16-9-6-7-13(2)14(16)3/h9-25,27,37,39H,7-8,26,28-31H2,1-6H3,(H,45,49);6-7,9,15,18H,4-5,8,10-12H2,1-3H3/t37-,39+;15-/m00/s1. The topological polar surface area (TPSA) is 94.2 Å². The Morgan fingerprint density at radius 3 is 1.61 bits per heavy atom. The fourth-order valence-corrected chi connectivity index (χ4v) is 10.5. The summed E-state index contributed by atoms with van der Waals surface area (Å²) in [5.74, 6) is 0.247. The van der Waals surface area contributed by atoms with Crippen molar-refractivity contribution in [2.75, 3.05) is 39.3 Å². The Kier molecular flexibility index (Phi) is 19.6. The van der Waals surface area contributed by atoms with Gasteiger partial charge < -0.3 is 30.1 Å². The Morgan fingerprint density at radius 2 is 1.13 bits per heavy atom. The molecule has 2 heterocycles. The molecule has 0 unspecified atom stereocenters. The van der Waals surface area contributed by atoms with E-state index in [1.165, 1.54) is 18.4 Å². The second kappa shape index (κ2) is 25.5. The Bertz CT molecular complexity index is 2430. The van der Waals surface area contributed by atoms with Crippen LogP contribution in [0.5, 0.6) is 0 Å². The first-order chi connectivity index (χ1) is 34.1. The number of unbranched alkanes of at least 4 members (excludes halogenated alkanes) is 2. The first kappa shape index (κ1) is 54.5. The van der Waals surface area contributed by atoms with E-state index in [0.717, 1.165) is 89.8 Å². The highest BCUT2D eigenvalue weighted by Gasteiger charge is 2.43. The van der Waals surface area contributed by atoms with Crippen LogP contribution in [0.1, 0.15) is 139 Å². The van der Waals surface area contributed by atoms with Gasteiger partial charge in [-0.15, -0.1) is 0 Å². The first-order valence-electron chi connectivity index (χ1n) is 26.0. The summed E-state index contributed by atoms with van der Waals surface area (Å²) in [4.78, 5) is 47.3. The number of nitrogens with zero attached hydrogens (tertiary/aromatic N) is 3. The van der Waals surface area contributed by atoms with Gasteiger partial charge in [-0.3, -0.25) is 9.59 Å². The number of thiocarbonyl (C=S) groups is 1. The fraction of sp³-hybridized carbons (Fsp3) is 0.443. The zero-order valence-electron chi connectivity index (χ0n) is 43.9. The number of hydrogen-bond acceptors (Lipinski definition) is 6. The lowest BCUT2D eigenvalue weighted by molar-refractivity contribution is 0.0505. The third-order valence-electron chi connectivity index (χ3n) is 14.4. The quantitative estimate of drug-likeness (QED) is 0.0797. The first-order valence-corrected chi connectivity index (χ1v) is 26.4. The molecule has 2 saturated heterocycles. The van der Waals surface area contributed by atoms with Crippen LogP contribution < -0.4 is 10.6 Å². The molecular weight excluding hydrogens is 899 g/mol. The van der Waals surface area contributed by atoms with E-state index in [-0.39, 0.29) is 17.9 Å². The zero-order valence-corrected chi connectivity index (χ0v) is 44.7. The molecule has 2 fully saturated rings. The van der Waals surface area contributed by atoms with Gasteiger partial charge in [0.15, 0.2) is 0 Å². The normalized spacial score (nSPS) is 16.6. The Morgan fingerprint density at radius 1 is 0.648 bits per heavy atom. The fourth-order valence-electron chi connectivity index (χ4n) is 10.2. The second-order valence-electron chi connectivity index (χ2n) is 20.5. The van der Waals surface area contributed by atoms with Crippen molar-refractivity contribution in [3.63, 3.8) is 0 Å². The van der Waals surface area contributed by atoms with Crippen LogP contribution in [0.3, 0.4) is 0 Å². The lowest BCUT2D eigenvalue weighted by Gasteiger charge is -2.46. The largest absolute Gasteiger partial charge is 0.444 e. The van der Waals surface area contributed by atoms with E-state index in [4.69, 9.17) is 17.0 Å². The van der Waals surface area contributed by atoms with Crippen LogP contribution in [0.15, 0.2) is 127 Å². The van der Waals surface area contributed by atoms with Crippen LogP contribution in [-0.2, 0) is 10.2 Å². The van der Waals surface area contributed by atoms with Gasteiger partial charge in [0.25, 0.3) is 11.8 Å². The summed E-state index contributed by atoms with van der Waals surface area (Å²) in [5.41, 5.74) is 8.01. The summed E-state index contributed by atoms with van der Waals surface area (Å²) in [7, 11) is 0. The smallest absolute Gasteiger partial charge is 0.408 e. The van der Waals surface area contributed by atoms with Crippen LogP contribution in [-0.4, -0.2) is 101 Å². The molecule has 5 aromatic rings. The van der Waals surface area contributed by atoms with Gasteiger partial charge >= 0.3 is 6.09 Å². The van der Waals surface area contributed by atoms with Crippen molar-refractivity contribution in [1.29, 1.82) is 0 Å². The van der Waals surface area contributed by atoms with E-state index < -0.39 is 23.2 Å². The van der Waals surface area contributed by atoms with E-state index in [1.807, 2.05) is 99.9 Å². The average molecular weight is 978 g/mol. The Labute approximate surface area is 430 Å². The molecule has 3 amide bonds. The summed E-state index contributed by atoms with van der Waals surface area (Å²) in [6.07, 6.45) is 6.46. The van der Waals surface area contributed by atoms with E-state index in [9.17, 15) is 14.4 Å². The zero-order chi connectivity index (χ0) is 51.1. The number of carbonyl (C=O) groups is 3. The molecule has 0 aromatic heterocycles. The van der Waals surface area contributed by atoms with Gasteiger partial charge in [-0.25, -0.2) is 4.79 Å². The summed E-state index contributed by atoms with van der Waals surface area (Å²) < 4.78 is 5.87. The maximum atomic E-state index is 13.9. The molecule has 5 aromatic carbocycles. The molecule has 0 spiro atoms. The summed E-state index contributed by atoms with van der Waals surface area (Å²) in [6.45, 7) is 22.4. The number of amides is 3. The maximum absolute atomic E-state index is 13.9. The van der Waals surface area contributed by atoms with Gasteiger partial charge in [0.1, 0.15) is 10.6 Å². The predicted octanol–water partition coefficient (Wildman–Crippen LogP) is 12.2. The molecule has 0 saturated carbocycles. The van der Waals surface area contributed by atoms with E-state index in [2.05, 4.69) is 115 Å². The number of ether oxygens (including phenoxy) is 1. The highest BCUT2D eigenvalue weighted by Crippen LogP contribution is 2.44. The van der Waals surface area contributed by atoms with Gasteiger partial charge in [0, 0.05) is 67.9 Å². The maximum Gasteiger partial charge on any atom is 0.408 e. The number of alkyl carbamates (subject to hydrolysis) is 1. The minimum atomic E-state index is -0.685. The number of carbonyl (C=O) groups excluding carboxylic acids is 3. The van der Waals surface area contributed by atoms with Crippen molar-refractivity contribution < 1.29 is 19.1 Å². The molecule has 2 aliphatic rings. The second-order valence-corrected chi connectivity index (χ2v) is 20.9. The van der Waals surface area contributed by atoms with Crippen molar-refractivity contribution in [1.82, 2.24) is 25.3 Å². The van der Waals surface area contributed by atoms with Crippen molar-refractivity contribution in [2.45, 2.75) is 136 Å². The van der Waals surface area contributed by atoms with Crippen LogP contribution >= 0.6 is 12.2 Å². The van der Waals surface area contributed by atoms with Gasteiger partial charge in [-0.2, -0.15) is 0 Å². The molecule has 0 radical (unpaired) electrons. The molecule has 7 rings (SSSR count). The minimum absolute atomic E-state index is 0.00257. The van der Waals surface area contributed by atoms with Gasteiger partial charge in [0.05, 0.1) is 6.04 Å². The number of rotatable bonds is 15. The van der Waals surface area contributed by atoms with Crippen LogP contribution in [0.25, 0.3) is 0 Å². The monoisotopic (exact) mass is 978 g/mol. The highest BCUT2D eigenvalue weighted by atomic mass is 32.1. The molecule has 0 aliphatic carbocycles. The van der Waals surface area contributed by atoms with Crippen LogP contribution in [0.2, 0.25) is 0 Å². The SMILES string of the molecule is CCCC[C@H]1CN(C(=O)c2cccc(C)c2C)CCN1.CCCC[C@H]1CN(C(=O)c2cccc(C)c2C)CCN1C(=S)[C@@H](CC(c1ccccc1)(c1ccccc1)c1ccccc1)NC(=O)OC(C)(C)C. The Balaban J connectivity index is 0.000000343. The minimum Gasteiger partial charge on any atom is -0.444 e. The van der Waals surface area contributed by atoms with E-state index >= 15 is 0 Å². The number of piperazine rings is 2. The predicted molar refractivity (Wildman–Crippen MR) is 295 cm³/mol. The van der Waals surface area contributed by atoms with E-state index in [1.54, 1.807) is 0 Å². The number of hydrogen-bond donors (Lipinski definition) is 2. The lowest BCUT2D eigenvalue weighted by atomic mass is 9.66. The van der Waals surface area contributed by atoms with Gasteiger partial charge in [-0.05, 0) is 119 Å². The third-order valence-corrected chi connectivity index (χ3v) is 14.9. The molecule has 2 N–H and O–H groups in total. The summed E-state index contributed by atoms with van der Waals surface area (Å²) in [6, 6.07) is 43.3. The number of benzene rings is 5. The lowest BCUT2D eigenvalue weighted by Crippen LogP contribution is -2.61. The van der Waals surface area contributed by atoms with Crippen molar-refractivity contribution in [3.8, 4) is 0 Å². The molecule has 71 heavy (non-hydrogen) atoms. The van der Waals surface area contributed by atoms with Crippen LogP contribution in [0, 0.1) is 27.7 Å². The average Bonchev–Trinajstić information content (AvgIpc) is 3.37. The summed E-state index contributed by atoms with van der Waals surface area (Å²) >= 11 is 6.49. The third kappa shape index (κ3) is 14.0. The molecule has 378 valence electrons. The molecular formula is C61H79N5O4S. The van der Waals surface area contributed by atoms with E-state index in [0.29, 0.717) is 37.1 Å². The molecule has 9 nitrogen and oxygen atoms in total. The van der Waals surface area contributed by atoms with Crippen molar-refractivity contribution in [3.05, 3.63) is 177 Å². The molecule has 10 heteroatoms. The Hall–Kier alpha value is -5.84. The van der Waals surface area contributed by atoms with Gasteiger partial charge in [0.2, 0.25) is 0 Å². The molecule has 0 bridgehead atoms. The van der Waals surface area contributed by atoms with Crippen LogP contribution in [0.4, 0.5) is 4.79 Å². The molecule has 2 aliphatic heterocycles. The van der Waals surface area contributed by atoms with Crippen molar-refractivity contribution >= 4 is 35.1 Å². The van der Waals surface area contributed by atoms with Crippen molar-refractivity contribution in [2.24, 2.45) is 0 Å². The van der Waals surface area contributed by atoms with Gasteiger partial charge in [-0.1, -0.05) is 167 Å². The highest BCUT2D eigenvalue weighted by molar-refractivity contribution is 7.80. The molecule has 3 atom stereocenters. The summed E-state index contributed by atoms with van der Waals surface area (Å²) in [5, 5.41) is 6.78.